The van der Waals surface area contributed by atoms with E-state index in [1.54, 1.807) is 6.92 Å². The van der Waals surface area contributed by atoms with E-state index in [1.807, 2.05) is 6.07 Å². The Kier molecular flexibility index (Phi) is 3.70. The van der Waals surface area contributed by atoms with Crippen LogP contribution in [-0.4, -0.2) is 15.7 Å². The highest BCUT2D eigenvalue weighted by Gasteiger charge is 2.41. The van der Waals surface area contributed by atoms with Gasteiger partial charge in [0.2, 0.25) is 0 Å². The molecule has 0 aromatic carbocycles. The molecule has 1 aromatic rings. The zero-order chi connectivity index (χ0) is 14.4. The zero-order valence-electron chi connectivity index (χ0n) is 12.7. The molecule has 0 spiro atoms. The molecule has 2 aliphatic carbocycles. The maximum atomic E-state index is 12.2. The van der Waals surface area contributed by atoms with E-state index in [0.29, 0.717) is 0 Å². The summed E-state index contributed by atoms with van der Waals surface area (Å²) in [5.74, 6) is 2.76. The molecule has 0 N–H and O–H groups in total. The van der Waals surface area contributed by atoms with Crippen molar-refractivity contribution >= 4 is 17.4 Å². The van der Waals surface area contributed by atoms with Crippen molar-refractivity contribution in [3.05, 3.63) is 23.0 Å². The molecule has 0 aliphatic heterocycles. The van der Waals surface area contributed by atoms with Gasteiger partial charge in [-0.15, -0.1) is 11.6 Å². The summed E-state index contributed by atoms with van der Waals surface area (Å²) in [4.78, 5) is 12.2. The number of carbonyl (C=O) groups is 1. The van der Waals surface area contributed by atoms with Crippen molar-refractivity contribution < 1.29 is 4.79 Å². The highest BCUT2D eigenvalue weighted by molar-refractivity contribution is 6.33. The first-order chi connectivity index (χ1) is 9.49. The van der Waals surface area contributed by atoms with Gasteiger partial charge in [0.15, 0.2) is 5.78 Å². The minimum absolute atomic E-state index is 0.0559. The van der Waals surface area contributed by atoms with E-state index in [9.17, 15) is 4.79 Å². The van der Waals surface area contributed by atoms with Crippen LogP contribution in [0.4, 0.5) is 0 Å². The number of carbonyl (C=O) groups excluding carboxylic acids is 1. The van der Waals surface area contributed by atoms with Crippen LogP contribution >= 0.6 is 11.6 Å². The third-order valence-corrected chi connectivity index (χ3v) is 5.25. The molecule has 2 nitrogen and oxygen atoms in total. The predicted molar refractivity (Wildman–Crippen MR) is 82.5 cm³/mol. The van der Waals surface area contributed by atoms with Crippen molar-refractivity contribution in [2.45, 2.75) is 58.4 Å². The van der Waals surface area contributed by atoms with Gasteiger partial charge in [-0.05, 0) is 70.3 Å². The van der Waals surface area contributed by atoms with E-state index >= 15 is 0 Å². The van der Waals surface area contributed by atoms with Gasteiger partial charge in [0.25, 0.3) is 0 Å². The van der Waals surface area contributed by atoms with Gasteiger partial charge in [-0.2, -0.15) is 0 Å². The lowest BCUT2D eigenvalue weighted by molar-refractivity contribution is 0.0991. The van der Waals surface area contributed by atoms with Crippen molar-refractivity contribution in [3.63, 3.8) is 0 Å². The van der Waals surface area contributed by atoms with Crippen molar-refractivity contribution in [2.24, 2.45) is 17.8 Å². The molecular weight excluding hydrogens is 270 g/mol. The second-order valence-corrected chi connectivity index (χ2v) is 7.37. The van der Waals surface area contributed by atoms with Gasteiger partial charge in [-0.1, -0.05) is 0 Å². The van der Waals surface area contributed by atoms with Crippen molar-refractivity contribution in [1.29, 1.82) is 0 Å². The zero-order valence-corrected chi connectivity index (χ0v) is 13.4. The molecular formula is C17H24ClNO. The number of ketones is 1. The molecule has 2 fully saturated rings. The van der Waals surface area contributed by atoms with E-state index in [2.05, 4.69) is 18.4 Å². The number of halogens is 1. The summed E-state index contributed by atoms with van der Waals surface area (Å²) < 4.78 is 2.35. The number of hydrogen-bond acceptors (Lipinski definition) is 1. The monoisotopic (exact) mass is 293 g/mol. The van der Waals surface area contributed by atoms with Gasteiger partial charge in [0.1, 0.15) is 0 Å². The van der Waals surface area contributed by atoms with Crippen LogP contribution < -0.4 is 0 Å². The van der Waals surface area contributed by atoms with Gasteiger partial charge in [0.05, 0.1) is 5.38 Å². The molecule has 0 amide bonds. The van der Waals surface area contributed by atoms with Crippen LogP contribution in [0.2, 0.25) is 0 Å². The number of hydrogen-bond donors (Lipinski definition) is 0. The Hall–Kier alpha value is -0.760. The molecule has 0 saturated heterocycles. The average Bonchev–Trinajstić information content (AvgIpc) is 3.27. The number of nitrogens with zero attached hydrogens (tertiary/aromatic N) is 1. The second kappa shape index (κ2) is 5.22. The van der Waals surface area contributed by atoms with Gasteiger partial charge in [0, 0.05) is 23.5 Å². The van der Waals surface area contributed by atoms with Crippen LogP contribution in [0.1, 0.15) is 54.4 Å². The van der Waals surface area contributed by atoms with Crippen LogP contribution in [0, 0.1) is 31.6 Å². The SMILES string of the molecule is Cc1cc(C(=O)C(C)Cl)c(C)n1CC(C1CC1)C1CC1. The van der Waals surface area contributed by atoms with Crippen molar-refractivity contribution in [2.75, 3.05) is 0 Å². The van der Waals surface area contributed by atoms with Gasteiger partial charge < -0.3 is 4.57 Å². The largest absolute Gasteiger partial charge is 0.348 e. The number of Topliss-reactive ketones (excluding diaryl/α,β-unsaturated/α-hetero) is 1. The minimum atomic E-state index is -0.438. The summed E-state index contributed by atoms with van der Waals surface area (Å²) >= 11 is 5.96. The quantitative estimate of drug-likeness (QED) is 0.564. The maximum absolute atomic E-state index is 12.2. The average molecular weight is 294 g/mol. The normalized spacial score (nSPS) is 20.4. The van der Waals surface area contributed by atoms with E-state index in [1.165, 1.54) is 31.4 Å². The molecule has 1 atom stereocenters. The Morgan fingerprint density at radius 2 is 1.85 bits per heavy atom. The fourth-order valence-electron chi connectivity index (χ4n) is 3.49. The number of aromatic nitrogens is 1. The Morgan fingerprint density at radius 3 is 2.30 bits per heavy atom. The molecule has 1 unspecified atom stereocenters. The number of aryl methyl sites for hydroxylation is 1. The molecule has 3 heteroatoms. The first-order valence-electron chi connectivity index (χ1n) is 7.84. The summed E-state index contributed by atoms with van der Waals surface area (Å²) in [7, 11) is 0. The molecule has 0 bridgehead atoms. The number of rotatable bonds is 6. The maximum Gasteiger partial charge on any atom is 0.182 e. The summed E-state index contributed by atoms with van der Waals surface area (Å²) in [5.41, 5.74) is 3.12. The van der Waals surface area contributed by atoms with E-state index in [0.717, 1.165) is 35.6 Å². The topological polar surface area (TPSA) is 22.0 Å². The summed E-state index contributed by atoms with van der Waals surface area (Å²) in [6.45, 7) is 7.03. The Bertz CT molecular complexity index is 511. The van der Waals surface area contributed by atoms with Crippen LogP contribution in [0.3, 0.4) is 0 Å². The van der Waals surface area contributed by atoms with Gasteiger partial charge in [-0.3, -0.25) is 4.79 Å². The lowest BCUT2D eigenvalue weighted by Crippen LogP contribution is -2.18. The highest BCUT2D eigenvalue weighted by atomic mass is 35.5. The molecule has 1 heterocycles. The van der Waals surface area contributed by atoms with Crippen LogP contribution in [-0.2, 0) is 6.54 Å². The Morgan fingerprint density at radius 1 is 1.30 bits per heavy atom. The third-order valence-electron chi connectivity index (χ3n) is 5.05. The fourth-order valence-corrected chi connectivity index (χ4v) is 3.61. The van der Waals surface area contributed by atoms with Crippen LogP contribution in [0.5, 0.6) is 0 Å². The Labute approximate surface area is 126 Å². The van der Waals surface area contributed by atoms with Gasteiger partial charge in [-0.25, -0.2) is 0 Å². The summed E-state index contributed by atoms with van der Waals surface area (Å²) in [6.07, 6.45) is 5.63. The van der Waals surface area contributed by atoms with Crippen LogP contribution in [0.25, 0.3) is 0 Å². The molecule has 0 radical (unpaired) electrons. The summed E-state index contributed by atoms with van der Waals surface area (Å²) in [6, 6.07) is 2.02. The van der Waals surface area contributed by atoms with Crippen molar-refractivity contribution in [3.8, 4) is 0 Å². The van der Waals surface area contributed by atoms with E-state index < -0.39 is 5.38 Å². The lowest BCUT2D eigenvalue weighted by Gasteiger charge is -2.19. The number of alkyl halides is 1. The first-order valence-corrected chi connectivity index (χ1v) is 8.27. The molecule has 1 aromatic heterocycles. The third kappa shape index (κ3) is 2.67. The molecule has 110 valence electrons. The molecule has 2 saturated carbocycles. The van der Waals surface area contributed by atoms with E-state index in [4.69, 9.17) is 11.6 Å². The molecule has 20 heavy (non-hydrogen) atoms. The smallest absolute Gasteiger partial charge is 0.182 e. The van der Waals surface area contributed by atoms with Crippen LogP contribution in [0.15, 0.2) is 6.07 Å². The predicted octanol–water partition coefficient (Wildman–Crippen LogP) is 4.35. The molecule has 2 aliphatic rings. The Balaban J connectivity index is 1.83. The summed E-state index contributed by atoms with van der Waals surface area (Å²) in [5, 5.41) is -0.438. The standard InChI is InChI=1S/C17H24ClNO/c1-10-8-15(17(20)11(2)18)12(3)19(10)9-16(13-4-5-13)14-6-7-14/h8,11,13-14,16H,4-7,9H2,1-3H3. The highest BCUT2D eigenvalue weighted by Crippen LogP contribution is 2.50. The molecule has 3 rings (SSSR count). The minimum Gasteiger partial charge on any atom is -0.348 e. The lowest BCUT2D eigenvalue weighted by atomic mass is 9.97. The van der Waals surface area contributed by atoms with E-state index in [-0.39, 0.29) is 5.78 Å². The first kappa shape index (κ1) is 14.2. The second-order valence-electron chi connectivity index (χ2n) is 6.71. The van der Waals surface area contributed by atoms with Gasteiger partial charge >= 0.3 is 0 Å². The fraction of sp³-hybridized carbons (Fsp3) is 0.706. The van der Waals surface area contributed by atoms with Crippen molar-refractivity contribution in [1.82, 2.24) is 4.57 Å².